The number of guanidine groups is 1. The van der Waals surface area contributed by atoms with Crippen LogP contribution < -0.4 is 10.6 Å². The van der Waals surface area contributed by atoms with Crippen LogP contribution in [0.15, 0.2) is 16.6 Å². The first-order valence-corrected chi connectivity index (χ1v) is 9.09. The van der Waals surface area contributed by atoms with Gasteiger partial charge in [0.25, 0.3) is 0 Å². The van der Waals surface area contributed by atoms with Crippen LogP contribution in [0.2, 0.25) is 0 Å². The lowest BCUT2D eigenvalue weighted by molar-refractivity contribution is 0.215. The SMILES string of the molecule is CN=C(NCCC1=CCCCC1)NCCN(C(C)C)C1CC1. The fraction of sp³-hybridized carbons (Fsp3) is 0.833. The van der Waals surface area contributed by atoms with E-state index in [9.17, 15) is 0 Å². The number of rotatable bonds is 8. The summed E-state index contributed by atoms with van der Waals surface area (Å²) in [6.45, 7) is 7.65. The maximum Gasteiger partial charge on any atom is 0.191 e. The Balaban J connectivity index is 1.61. The standard InChI is InChI=1S/C18H34N4/c1-15(2)22(17-9-10-17)14-13-21-18(19-3)20-12-11-16-7-5-4-6-8-16/h7,15,17H,4-6,8-14H2,1-3H3,(H2,19,20,21). The minimum atomic E-state index is 0.641. The van der Waals surface area contributed by atoms with Crippen molar-refractivity contribution in [1.82, 2.24) is 15.5 Å². The molecule has 0 aromatic carbocycles. The predicted molar refractivity (Wildman–Crippen MR) is 95.4 cm³/mol. The van der Waals surface area contributed by atoms with Gasteiger partial charge < -0.3 is 10.6 Å². The molecule has 0 aromatic rings. The van der Waals surface area contributed by atoms with Gasteiger partial charge in [0.05, 0.1) is 0 Å². The zero-order valence-corrected chi connectivity index (χ0v) is 14.7. The van der Waals surface area contributed by atoms with Crippen LogP contribution in [0.4, 0.5) is 0 Å². The van der Waals surface area contributed by atoms with Gasteiger partial charge in [0.2, 0.25) is 0 Å². The number of aliphatic imine (C=N–C) groups is 1. The highest BCUT2D eigenvalue weighted by Gasteiger charge is 2.30. The van der Waals surface area contributed by atoms with Crippen LogP contribution in [0, 0.1) is 0 Å². The van der Waals surface area contributed by atoms with Crippen molar-refractivity contribution in [2.75, 3.05) is 26.7 Å². The van der Waals surface area contributed by atoms with Crippen molar-refractivity contribution in [3.8, 4) is 0 Å². The molecule has 0 saturated heterocycles. The summed E-state index contributed by atoms with van der Waals surface area (Å²) in [5.74, 6) is 0.941. The molecule has 0 spiro atoms. The second-order valence-corrected chi connectivity index (χ2v) is 6.85. The van der Waals surface area contributed by atoms with E-state index in [0.29, 0.717) is 6.04 Å². The minimum Gasteiger partial charge on any atom is -0.356 e. The van der Waals surface area contributed by atoms with E-state index in [4.69, 9.17) is 0 Å². The summed E-state index contributed by atoms with van der Waals surface area (Å²) in [7, 11) is 1.86. The molecule has 4 heteroatoms. The Kier molecular flexibility index (Phi) is 7.23. The highest BCUT2D eigenvalue weighted by molar-refractivity contribution is 5.79. The minimum absolute atomic E-state index is 0.641. The van der Waals surface area contributed by atoms with Crippen LogP contribution in [0.5, 0.6) is 0 Å². The molecule has 0 atom stereocenters. The van der Waals surface area contributed by atoms with Gasteiger partial charge in [-0.2, -0.15) is 0 Å². The number of nitrogens with one attached hydrogen (secondary N) is 2. The van der Waals surface area contributed by atoms with Crippen LogP contribution in [0.25, 0.3) is 0 Å². The summed E-state index contributed by atoms with van der Waals surface area (Å²) in [5, 5.41) is 6.90. The second-order valence-electron chi connectivity index (χ2n) is 6.85. The maximum atomic E-state index is 4.33. The molecule has 126 valence electrons. The van der Waals surface area contributed by atoms with Gasteiger partial charge in [0.1, 0.15) is 0 Å². The molecule has 1 fully saturated rings. The van der Waals surface area contributed by atoms with Crippen LogP contribution in [-0.2, 0) is 0 Å². The highest BCUT2D eigenvalue weighted by Crippen LogP contribution is 2.27. The highest BCUT2D eigenvalue weighted by atomic mass is 15.2. The van der Waals surface area contributed by atoms with Crippen LogP contribution in [-0.4, -0.2) is 49.6 Å². The Morgan fingerprint density at radius 3 is 2.64 bits per heavy atom. The van der Waals surface area contributed by atoms with E-state index in [2.05, 4.69) is 40.4 Å². The summed E-state index contributed by atoms with van der Waals surface area (Å²) < 4.78 is 0. The molecule has 0 aliphatic heterocycles. The summed E-state index contributed by atoms with van der Waals surface area (Å²) >= 11 is 0. The summed E-state index contributed by atoms with van der Waals surface area (Å²) in [5.41, 5.74) is 1.62. The molecule has 2 N–H and O–H groups in total. The molecule has 0 aromatic heterocycles. The molecule has 4 nitrogen and oxygen atoms in total. The third-order valence-corrected chi connectivity index (χ3v) is 4.69. The van der Waals surface area contributed by atoms with Crippen LogP contribution in [0.3, 0.4) is 0 Å². The van der Waals surface area contributed by atoms with Crippen molar-refractivity contribution in [1.29, 1.82) is 0 Å². The predicted octanol–water partition coefficient (Wildman–Crippen LogP) is 2.91. The molecule has 2 aliphatic rings. The molecule has 0 unspecified atom stereocenters. The lowest BCUT2D eigenvalue weighted by Gasteiger charge is -2.26. The molecule has 2 rings (SSSR count). The Morgan fingerprint density at radius 1 is 1.27 bits per heavy atom. The Hall–Kier alpha value is -1.03. The lowest BCUT2D eigenvalue weighted by Crippen LogP contribution is -2.44. The van der Waals surface area contributed by atoms with E-state index in [0.717, 1.165) is 38.1 Å². The summed E-state index contributed by atoms with van der Waals surface area (Å²) in [4.78, 5) is 6.93. The smallest absolute Gasteiger partial charge is 0.191 e. The van der Waals surface area contributed by atoms with Gasteiger partial charge in [-0.25, -0.2) is 0 Å². The number of hydrogen-bond donors (Lipinski definition) is 2. The van der Waals surface area contributed by atoms with Crippen LogP contribution >= 0.6 is 0 Å². The van der Waals surface area contributed by atoms with E-state index in [-0.39, 0.29) is 0 Å². The van der Waals surface area contributed by atoms with Gasteiger partial charge in [-0.3, -0.25) is 9.89 Å². The average molecular weight is 306 g/mol. The van der Waals surface area contributed by atoms with E-state index in [1.165, 1.54) is 38.5 Å². The fourth-order valence-electron chi connectivity index (χ4n) is 3.27. The first-order chi connectivity index (χ1) is 10.7. The quantitative estimate of drug-likeness (QED) is 0.411. The zero-order chi connectivity index (χ0) is 15.8. The van der Waals surface area contributed by atoms with E-state index < -0.39 is 0 Å². The summed E-state index contributed by atoms with van der Waals surface area (Å²) in [6.07, 6.45) is 11.6. The molecular weight excluding hydrogens is 272 g/mol. The Morgan fingerprint density at radius 2 is 2.05 bits per heavy atom. The number of hydrogen-bond acceptors (Lipinski definition) is 2. The van der Waals surface area contributed by atoms with Crippen molar-refractivity contribution in [2.45, 2.75) is 70.9 Å². The molecule has 22 heavy (non-hydrogen) atoms. The van der Waals surface area contributed by atoms with E-state index >= 15 is 0 Å². The van der Waals surface area contributed by atoms with Crippen LogP contribution in [0.1, 0.15) is 58.8 Å². The number of allylic oxidation sites excluding steroid dienone is 1. The largest absolute Gasteiger partial charge is 0.356 e. The van der Waals surface area contributed by atoms with Crippen molar-refractivity contribution < 1.29 is 0 Å². The topological polar surface area (TPSA) is 39.7 Å². The lowest BCUT2D eigenvalue weighted by atomic mass is 9.97. The fourth-order valence-corrected chi connectivity index (χ4v) is 3.27. The zero-order valence-electron chi connectivity index (χ0n) is 14.7. The van der Waals surface area contributed by atoms with Gasteiger partial charge in [-0.15, -0.1) is 0 Å². The Labute approximate surface area is 136 Å². The van der Waals surface area contributed by atoms with Gasteiger partial charge in [-0.05, 0) is 58.8 Å². The molecular formula is C18H34N4. The maximum absolute atomic E-state index is 4.33. The third-order valence-electron chi connectivity index (χ3n) is 4.69. The molecule has 0 heterocycles. The molecule has 0 bridgehead atoms. The van der Waals surface area contributed by atoms with Crippen molar-refractivity contribution in [3.05, 3.63) is 11.6 Å². The first-order valence-electron chi connectivity index (χ1n) is 9.09. The molecule has 0 amide bonds. The second kappa shape index (κ2) is 9.19. The van der Waals surface area contributed by atoms with Crippen molar-refractivity contribution >= 4 is 5.96 Å². The van der Waals surface area contributed by atoms with E-state index in [1.807, 2.05) is 7.05 Å². The third kappa shape index (κ3) is 5.99. The van der Waals surface area contributed by atoms with Crippen molar-refractivity contribution in [3.63, 3.8) is 0 Å². The van der Waals surface area contributed by atoms with E-state index in [1.54, 1.807) is 5.57 Å². The van der Waals surface area contributed by atoms with Gasteiger partial charge in [0, 0.05) is 38.8 Å². The molecule has 1 saturated carbocycles. The molecule has 0 radical (unpaired) electrons. The molecule has 2 aliphatic carbocycles. The van der Waals surface area contributed by atoms with Gasteiger partial charge in [-0.1, -0.05) is 11.6 Å². The summed E-state index contributed by atoms with van der Waals surface area (Å²) in [6, 6.07) is 1.47. The average Bonchev–Trinajstić information content (AvgIpc) is 3.35. The first kappa shape index (κ1) is 17.3. The number of nitrogens with zero attached hydrogens (tertiary/aromatic N) is 2. The van der Waals surface area contributed by atoms with Gasteiger partial charge in [0.15, 0.2) is 5.96 Å². The van der Waals surface area contributed by atoms with Crippen molar-refractivity contribution in [2.24, 2.45) is 4.99 Å². The monoisotopic (exact) mass is 306 g/mol. The van der Waals surface area contributed by atoms with Gasteiger partial charge >= 0.3 is 0 Å². The normalized spacial score (nSPS) is 19.5. The Bertz CT molecular complexity index is 381.